The maximum absolute atomic E-state index is 12.6. The summed E-state index contributed by atoms with van der Waals surface area (Å²) in [6, 6.07) is 4.16. The summed E-state index contributed by atoms with van der Waals surface area (Å²) in [7, 11) is 1.51. The number of amides is 1. The number of carbonyl (C=O) groups is 2. The molecule has 0 heterocycles. The van der Waals surface area contributed by atoms with E-state index in [0.29, 0.717) is 23.7 Å². The smallest absolute Gasteiger partial charge is 0.408 e. The third-order valence-corrected chi connectivity index (χ3v) is 5.10. The summed E-state index contributed by atoms with van der Waals surface area (Å²) < 4.78 is 22.0. The van der Waals surface area contributed by atoms with Crippen molar-refractivity contribution in [3.05, 3.63) is 23.8 Å². The number of nitrogens with one attached hydrogen (secondary N) is 1. The highest BCUT2D eigenvalue weighted by atomic mass is 16.6. The summed E-state index contributed by atoms with van der Waals surface area (Å²) >= 11 is 0. The van der Waals surface area contributed by atoms with Crippen LogP contribution in [0.15, 0.2) is 18.2 Å². The van der Waals surface area contributed by atoms with E-state index in [2.05, 4.69) is 12.2 Å². The lowest BCUT2D eigenvalue weighted by atomic mass is 9.90. The largest absolute Gasteiger partial charge is 0.496 e. The van der Waals surface area contributed by atoms with Gasteiger partial charge in [-0.15, -0.1) is 0 Å². The van der Waals surface area contributed by atoms with Gasteiger partial charge < -0.3 is 24.3 Å². The first-order valence-electron chi connectivity index (χ1n) is 10.5. The fourth-order valence-electron chi connectivity index (χ4n) is 3.56. The number of ether oxygens (including phenoxy) is 4. The highest BCUT2D eigenvalue weighted by molar-refractivity contribution is 5.83. The lowest BCUT2D eigenvalue weighted by molar-refractivity contribution is -0.145. The second-order valence-corrected chi connectivity index (χ2v) is 9.04. The van der Waals surface area contributed by atoms with Crippen molar-refractivity contribution in [2.45, 2.75) is 71.9 Å². The molecule has 168 valence electrons. The molecule has 1 atom stereocenters. The fraction of sp³-hybridized carbons (Fsp3) is 0.652. The Labute approximate surface area is 179 Å². The monoisotopic (exact) mass is 421 g/mol. The molecule has 0 aromatic heterocycles. The van der Waals surface area contributed by atoms with E-state index in [1.165, 1.54) is 20.0 Å². The van der Waals surface area contributed by atoms with Crippen LogP contribution < -0.4 is 14.8 Å². The molecule has 1 fully saturated rings. The summed E-state index contributed by atoms with van der Waals surface area (Å²) in [6.07, 6.45) is 4.08. The molecule has 7 nitrogen and oxygen atoms in total. The molecule has 2 rings (SSSR count). The van der Waals surface area contributed by atoms with Crippen LogP contribution in [0.2, 0.25) is 0 Å². The summed E-state index contributed by atoms with van der Waals surface area (Å²) in [6.45, 7) is 10.0. The van der Waals surface area contributed by atoms with Gasteiger partial charge in [0.25, 0.3) is 0 Å². The zero-order valence-electron chi connectivity index (χ0n) is 19.0. The molecule has 1 N–H and O–H groups in total. The summed E-state index contributed by atoms with van der Waals surface area (Å²) in [4.78, 5) is 24.9. The van der Waals surface area contributed by atoms with Gasteiger partial charge in [-0.3, -0.25) is 0 Å². The lowest BCUT2D eigenvalue weighted by Crippen LogP contribution is -2.39. The molecular weight excluding hydrogens is 386 g/mol. The average molecular weight is 422 g/mol. The minimum Gasteiger partial charge on any atom is -0.496 e. The van der Waals surface area contributed by atoms with Gasteiger partial charge in [0.1, 0.15) is 17.1 Å². The predicted molar refractivity (Wildman–Crippen MR) is 114 cm³/mol. The van der Waals surface area contributed by atoms with Crippen LogP contribution in [0.25, 0.3) is 0 Å². The highest BCUT2D eigenvalue weighted by Gasteiger charge is 2.31. The Kier molecular flexibility index (Phi) is 7.98. The molecule has 0 spiro atoms. The van der Waals surface area contributed by atoms with Crippen molar-refractivity contribution in [1.82, 2.24) is 5.32 Å². The van der Waals surface area contributed by atoms with E-state index >= 15 is 0 Å². The van der Waals surface area contributed by atoms with Gasteiger partial charge >= 0.3 is 12.1 Å². The molecule has 7 heteroatoms. The summed E-state index contributed by atoms with van der Waals surface area (Å²) in [5, 5.41) is 2.59. The van der Waals surface area contributed by atoms with E-state index in [1.807, 2.05) is 0 Å². The van der Waals surface area contributed by atoms with Gasteiger partial charge in [-0.2, -0.15) is 0 Å². The Morgan fingerprint density at radius 2 is 1.87 bits per heavy atom. The van der Waals surface area contributed by atoms with Gasteiger partial charge in [0, 0.05) is 17.0 Å². The predicted octanol–water partition coefficient (Wildman–Crippen LogP) is 4.78. The highest BCUT2D eigenvalue weighted by Crippen LogP contribution is 2.38. The second-order valence-electron chi connectivity index (χ2n) is 9.04. The van der Waals surface area contributed by atoms with E-state index in [-0.39, 0.29) is 12.0 Å². The molecule has 1 unspecified atom stereocenters. The number of rotatable bonds is 8. The van der Waals surface area contributed by atoms with Gasteiger partial charge in [-0.05, 0) is 52.7 Å². The van der Waals surface area contributed by atoms with Crippen molar-refractivity contribution in [3.63, 3.8) is 0 Å². The van der Waals surface area contributed by atoms with Crippen LogP contribution in [-0.4, -0.2) is 38.0 Å². The standard InChI is InChI=1S/C23H35NO6/c1-7-28-20(25)19(24-21(26)30-22(2,3)4)17-11-10-16(14-18(17)27-6)29-15-23(5)12-8-9-13-23/h10-11,14,19H,7-9,12-13,15H2,1-6H3,(H,24,26). The zero-order chi connectivity index (χ0) is 22.4. The molecule has 0 saturated heterocycles. The molecule has 0 aliphatic heterocycles. The van der Waals surface area contributed by atoms with Crippen LogP contribution >= 0.6 is 0 Å². The van der Waals surface area contributed by atoms with E-state index in [9.17, 15) is 9.59 Å². The quantitative estimate of drug-likeness (QED) is 0.608. The molecular formula is C23H35NO6. The molecule has 1 aromatic rings. The van der Waals surface area contributed by atoms with Crippen LogP contribution in [0.1, 0.15) is 71.9 Å². The topological polar surface area (TPSA) is 83.1 Å². The van der Waals surface area contributed by atoms with E-state index in [4.69, 9.17) is 18.9 Å². The van der Waals surface area contributed by atoms with Crippen LogP contribution in [-0.2, 0) is 14.3 Å². The van der Waals surface area contributed by atoms with Crippen molar-refractivity contribution >= 4 is 12.1 Å². The Morgan fingerprint density at radius 1 is 1.20 bits per heavy atom. The zero-order valence-corrected chi connectivity index (χ0v) is 19.0. The van der Waals surface area contributed by atoms with Crippen LogP contribution in [0.3, 0.4) is 0 Å². The van der Waals surface area contributed by atoms with Gasteiger partial charge in [0.15, 0.2) is 6.04 Å². The molecule has 1 aromatic carbocycles. The molecule has 30 heavy (non-hydrogen) atoms. The Hall–Kier alpha value is -2.44. The van der Waals surface area contributed by atoms with Gasteiger partial charge in [0.05, 0.1) is 20.3 Å². The Morgan fingerprint density at radius 3 is 2.43 bits per heavy atom. The normalized spacial score (nSPS) is 16.5. The average Bonchev–Trinajstić information content (AvgIpc) is 3.10. The number of benzene rings is 1. The molecule has 0 radical (unpaired) electrons. The Balaban J connectivity index is 2.21. The molecule has 1 aliphatic rings. The number of hydrogen-bond acceptors (Lipinski definition) is 6. The SMILES string of the molecule is CCOC(=O)C(NC(=O)OC(C)(C)C)c1ccc(OCC2(C)CCCC2)cc1OC. The second kappa shape index (κ2) is 10.0. The molecule has 1 saturated carbocycles. The number of hydrogen-bond donors (Lipinski definition) is 1. The minimum atomic E-state index is -1.06. The van der Waals surface area contributed by atoms with Crippen LogP contribution in [0.4, 0.5) is 4.79 Å². The van der Waals surface area contributed by atoms with Crippen LogP contribution in [0, 0.1) is 5.41 Å². The maximum Gasteiger partial charge on any atom is 0.408 e. The Bertz CT molecular complexity index is 734. The van der Waals surface area contributed by atoms with E-state index in [1.54, 1.807) is 45.9 Å². The summed E-state index contributed by atoms with van der Waals surface area (Å²) in [5.74, 6) is 0.496. The number of esters is 1. The number of methoxy groups -OCH3 is 1. The number of carbonyl (C=O) groups excluding carboxylic acids is 2. The van der Waals surface area contributed by atoms with Gasteiger partial charge in [-0.1, -0.05) is 19.8 Å². The maximum atomic E-state index is 12.6. The van der Waals surface area contributed by atoms with E-state index < -0.39 is 23.7 Å². The minimum absolute atomic E-state index is 0.188. The van der Waals surface area contributed by atoms with Crippen molar-refractivity contribution in [1.29, 1.82) is 0 Å². The first kappa shape index (κ1) is 23.8. The first-order valence-corrected chi connectivity index (χ1v) is 10.5. The fourth-order valence-corrected chi connectivity index (χ4v) is 3.56. The van der Waals surface area contributed by atoms with E-state index in [0.717, 1.165) is 12.8 Å². The molecule has 1 amide bonds. The third-order valence-electron chi connectivity index (χ3n) is 5.10. The van der Waals surface area contributed by atoms with Crippen molar-refractivity contribution in [3.8, 4) is 11.5 Å². The first-order chi connectivity index (χ1) is 14.1. The van der Waals surface area contributed by atoms with Crippen LogP contribution in [0.5, 0.6) is 11.5 Å². The third kappa shape index (κ3) is 6.82. The van der Waals surface area contributed by atoms with Crippen molar-refractivity contribution in [2.24, 2.45) is 5.41 Å². The lowest BCUT2D eigenvalue weighted by Gasteiger charge is -2.25. The van der Waals surface area contributed by atoms with Gasteiger partial charge in [-0.25, -0.2) is 9.59 Å². The summed E-state index contributed by atoms with van der Waals surface area (Å²) in [5.41, 5.74) is -0.0276. The number of alkyl carbamates (subject to hydrolysis) is 1. The van der Waals surface area contributed by atoms with Crippen molar-refractivity contribution < 1.29 is 28.5 Å². The van der Waals surface area contributed by atoms with Gasteiger partial charge in [0.2, 0.25) is 0 Å². The molecule has 0 bridgehead atoms. The molecule has 1 aliphatic carbocycles. The van der Waals surface area contributed by atoms with Crippen molar-refractivity contribution in [2.75, 3.05) is 20.3 Å².